The molecule has 7 nitrogen and oxygen atoms in total. The zero-order valence-corrected chi connectivity index (χ0v) is 12.3. The largest absolute Gasteiger partial charge is 0.397 e. The maximum Gasteiger partial charge on any atom is 0.271 e. The summed E-state index contributed by atoms with van der Waals surface area (Å²) in [6.45, 7) is 1.90. The zero-order valence-electron chi connectivity index (χ0n) is 11.4. The van der Waals surface area contributed by atoms with Gasteiger partial charge in [0.05, 0.1) is 16.3 Å². The highest BCUT2D eigenvalue weighted by Gasteiger charge is 2.32. The molecule has 1 heterocycles. The minimum atomic E-state index is -0.521. The number of nitrogen functional groups attached to an aromatic ring is 1. The molecule has 1 aromatic rings. The smallest absolute Gasteiger partial charge is 0.271 e. The summed E-state index contributed by atoms with van der Waals surface area (Å²) in [6, 6.07) is 4.05. The highest BCUT2D eigenvalue weighted by atomic mass is 32.2. The monoisotopic (exact) mass is 309 g/mol. The average Bonchev–Trinajstić information content (AvgIpc) is 2.78. The molecule has 1 aliphatic rings. The number of hydrogen-bond acceptors (Lipinski definition) is 6. The number of anilines is 2. The van der Waals surface area contributed by atoms with Crippen molar-refractivity contribution in [1.29, 1.82) is 0 Å². The molecule has 0 radical (unpaired) electrons. The van der Waals surface area contributed by atoms with Gasteiger partial charge in [-0.25, -0.2) is 0 Å². The summed E-state index contributed by atoms with van der Waals surface area (Å²) in [5.41, 5.74) is 6.41. The highest BCUT2D eigenvalue weighted by molar-refractivity contribution is 8.13. The van der Waals surface area contributed by atoms with Crippen molar-refractivity contribution in [3.05, 3.63) is 28.3 Å². The van der Waals surface area contributed by atoms with Gasteiger partial charge >= 0.3 is 0 Å². The first-order valence-electron chi connectivity index (χ1n) is 6.36. The Hall–Kier alpha value is -2.09. The van der Waals surface area contributed by atoms with Gasteiger partial charge in [0, 0.05) is 37.8 Å². The van der Waals surface area contributed by atoms with E-state index in [0.717, 1.165) is 0 Å². The number of amides is 1. The first kappa shape index (κ1) is 15.3. The van der Waals surface area contributed by atoms with E-state index in [2.05, 4.69) is 0 Å². The maximum absolute atomic E-state index is 12.1. The fourth-order valence-electron chi connectivity index (χ4n) is 2.24. The van der Waals surface area contributed by atoms with Crippen LogP contribution in [0.25, 0.3) is 0 Å². The maximum atomic E-state index is 12.1. The molecule has 112 valence electrons. The van der Waals surface area contributed by atoms with Gasteiger partial charge in [0.1, 0.15) is 0 Å². The van der Waals surface area contributed by atoms with Crippen LogP contribution >= 0.6 is 11.8 Å². The molecule has 1 atom stereocenters. The number of thioether (sulfide) groups is 1. The summed E-state index contributed by atoms with van der Waals surface area (Å²) in [6.07, 6.45) is 0.322. The molecule has 0 spiro atoms. The summed E-state index contributed by atoms with van der Waals surface area (Å²) in [4.78, 5) is 34.8. The summed E-state index contributed by atoms with van der Waals surface area (Å²) >= 11 is 1.18. The fourth-order valence-corrected chi connectivity index (χ4v) is 2.93. The summed E-state index contributed by atoms with van der Waals surface area (Å²) in [7, 11) is 0. The lowest BCUT2D eigenvalue weighted by Gasteiger charge is -2.18. The van der Waals surface area contributed by atoms with Crippen molar-refractivity contribution in [3.8, 4) is 0 Å². The second-order valence-electron chi connectivity index (χ2n) is 4.88. The number of nitro benzene ring substituents is 1. The first-order chi connectivity index (χ1) is 9.88. The molecule has 1 unspecified atom stereocenters. The Balaban J connectivity index is 2.18. The van der Waals surface area contributed by atoms with Crippen molar-refractivity contribution >= 4 is 39.8 Å². The Morgan fingerprint density at radius 3 is 2.90 bits per heavy atom. The standard InChI is InChI=1S/C13H15N3O4S/c1-8(17)21-7-9-4-13(18)15(6-9)12-5-10(16(19)20)2-3-11(12)14/h2-3,5,9H,4,6-7,14H2,1H3. The molecule has 1 amide bonds. The molecule has 2 N–H and O–H groups in total. The van der Waals surface area contributed by atoms with Crippen molar-refractivity contribution in [2.45, 2.75) is 13.3 Å². The number of nitrogens with two attached hydrogens (primary N) is 1. The molecule has 1 aromatic carbocycles. The quantitative estimate of drug-likeness (QED) is 0.516. The molecule has 1 aliphatic heterocycles. The van der Waals surface area contributed by atoms with Crippen LogP contribution in [-0.2, 0) is 9.59 Å². The van der Waals surface area contributed by atoms with Gasteiger partial charge < -0.3 is 10.6 Å². The number of nitrogens with zero attached hydrogens (tertiary/aromatic N) is 2. The van der Waals surface area contributed by atoms with Crippen LogP contribution in [0.4, 0.5) is 17.1 Å². The van der Waals surface area contributed by atoms with Gasteiger partial charge in [-0.3, -0.25) is 19.7 Å². The van der Waals surface area contributed by atoms with Crippen LogP contribution < -0.4 is 10.6 Å². The summed E-state index contributed by atoms with van der Waals surface area (Å²) < 4.78 is 0. The minimum absolute atomic E-state index is 0.00996. The van der Waals surface area contributed by atoms with Crippen LogP contribution in [0.2, 0.25) is 0 Å². The molecule has 0 aromatic heterocycles. The van der Waals surface area contributed by atoms with Gasteiger partial charge in [0.15, 0.2) is 5.12 Å². The van der Waals surface area contributed by atoms with Crippen LogP contribution in [0.15, 0.2) is 18.2 Å². The Labute approximate surface area is 125 Å². The molecule has 21 heavy (non-hydrogen) atoms. The topological polar surface area (TPSA) is 107 Å². The van der Waals surface area contributed by atoms with Crippen molar-refractivity contribution in [3.63, 3.8) is 0 Å². The van der Waals surface area contributed by atoms with Crippen LogP contribution in [-0.4, -0.2) is 28.2 Å². The average molecular weight is 309 g/mol. The van der Waals surface area contributed by atoms with Gasteiger partial charge in [-0.1, -0.05) is 11.8 Å². The molecule has 0 aliphatic carbocycles. The molecule has 0 bridgehead atoms. The van der Waals surface area contributed by atoms with Crippen molar-refractivity contribution in [2.75, 3.05) is 22.9 Å². The second-order valence-corrected chi connectivity index (χ2v) is 6.07. The van der Waals surface area contributed by atoms with Gasteiger partial charge in [-0.15, -0.1) is 0 Å². The Bertz CT molecular complexity index is 605. The molecular weight excluding hydrogens is 294 g/mol. The van der Waals surface area contributed by atoms with Crippen molar-refractivity contribution in [2.24, 2.45) is 5.92 Å². The normalized spacial score (nSPS) is 18.0. The molecule has 8 heteroatoms. The summed E-state index contributed by atoms with van der Waals surface area (Å²) in [5.74, 6) is 0.480. The Morgan fingerprint density at radius 1 is 1.57 bits per heavy atom. The zero-order chi connectivity index (χ0) is 15.6. The third kappa shape index (κ3) is 3.52. The molecule has 1 saturated heterocycles. The number of nitro groups is 1. The van der Waals surface area contributed by atoms with E-state index in [1.165, 1.54) is 41.8 Å². The number of rotatable bonds is 4. The molecule has 2 rings (SSSR count). The molecule has 0 saturated carbocycles. The third-order valence-corrected chi connectivity index (χ3v) is 4.29. The number of benzene rings is 1. The van der Waals surface area contributed by atoms with Gasteiger partial charge in [0.2, 0.25) is 5.91 Å². The number of hydrogen-bond donors (Lipinski definition) is 1. The Morgan fingerprint density at radius 2 is 2.29 bits per heavy atom. The van der Waals surface area contributed by atoms with E-state index in [0.29, 0.717) is 30.1 Å². The summed E-state index contributed by atoms with van der Waals surface area (Å²) in [5, 5.41) is 10.8. The fraction of sp³-hybridized carbons (Fsp3) is 0.385. The Kier molecular flexibility index (Phi) is 4.46. The second kappa shape index (κ2) is 6.13. The van der Waals surface area contributed by atoms with E-state index in [1.807, 2.05) is 0 Å². The van der Waals surface area contributed by atoms with Crippen LogP contribution in [0, 0.1) is 16.0 Å². The lowest BCUT2D eigenvalue weighted by molar-refractivity contribution is -0.384. The van der Waals surface area contributed by atoms with E-state index in [-0.39, 0.29) is 22.6 Å². The van der Waals surface area contributed by atoms with E-state index >= 15 is 0 Å². The minimum Gasteiger partial charge on any atom is -0.397 e. The SMILES string of the molecule is CC(=O)SCC1CC(=O)N(c2cc([N+](=O)[O-])ccc2N)C1. The van der Waals surface area contributed by atoms with E-state index < -0.39 is 4.92 Å². The number of non-ortho nitro benzene ring substituents is 1. The highest BCUT2D eigenvalue weighted by Crippen LogP contribution is 2.33. The first-order valence-corrected chi connectivity index (χ1v) is 7.34. The third-order valence-electron chi connectivity index (χ3n) is 3.24. The van der Waals surface area contributed by atoms with Gasteiger partial charge in [-0.2, -0.15) is 0 Å². The lowest BCUT2D eigenvalue weighted by Crippen LogP contribution is -2.25. The molecular formula is C13H15N3O4S. The van der Waals surface area contributed by atoms with E-state index in [1.54, 1.807) is 0 Å². The van der Waals surface area contributed by atoms with Crippen molar-refractivity contribution < 1.29 is 14.5 Å². The lowest BCUT2D eigenvalue weighted by atomic mass is 10.1. The van der Waals surface area contributed by atoms with Crippen molar-refractivity contribution in [1.82, 2.24) is 0 Å². The predicted octanol–water partition coefficient (Wildman–Crippen LogP) is 1.81. The predicted molar refractivity (Wildman–Crippen MR) is 81.1 cm³/mol. The number of carbonyl (C=O) groups excluding carboxylic acids is 2. The molecule has 1 fully saturated rings. The van der Waals surface area contributed by atoms with E-state index in [4.69, 9.17) is 5.73 Å². The van der Waals surface area contributed by atoms with E-state index in [9.17, 15) is 19.7 Å². The van der Waals surface area contributed by atoms with Crippen LogP contribution in [0.1, 0.15) is 13.3 Å². The number of carbonyl (C=O) groups is 2. The van der Waals surface area contributed by atoms with Gasteiger partial charge in [0.25, 0.3) is 5.69 Å². The van der Waals surface area contributed by atoms with Crippen LogP contribution in [0.5, 0.6) is 0 Å². The van der Waals surface area contributed by atoms with Gasteiger partial charge in [-0.05, 0) is 12.0 Å². The van der Waals surface area contributed by atoms with Crippen LogP contribution in [0.3, 0.4) is 0 Å².